The van der Waals surface area contributed by atoms with Crippen LogP contribution in [0.5, 0.6) is 0 Å². The molecule has 6 aliphatic heterocycles. The number of aliphatic imine (C=N–C) groups is 1. The van der Waals surface area contributed by atoms with Crippen LogP contribution in [0.15, 0.2) is 51.6 Å². The maximum absolute atomic E-state index is 12.5. The molecule has 282 valence electrons. The Kier molecular flexibility index (Phi) is 9.95. The van der Waals surface area contributed by atoms with Crippen LogP contribution < -0.4 is 0 Å². The number of ether oxygens (including phenoxy) is 4. The molecule has 6 heterocycles. The van der Waals surface area contributed by atoms with E-state index in [1.54, 1.807) is 0 Å². The maximum Gasteiger partial charge on any atom is 0.334 e. The minimum atomic E-state index is -1.12. The van der Waals surface area contributed by atoms with Gasteiger partial charge in [0.25, 0.3) is 0 Å². The van der Waals surface area contributed by atoms with E-state index in [1.165, 1.54) is 22.4 Å². The fourth-order valence-electron chi connectivity index (χ4n) is 10.8. The monoisotopic (exact) mass is 705 g/mol. The fourth-order valence-corrected chi connectivity index (χ4v) is 10.8. The van der Waals surface area contributed by atoms with Crippen molar-refractivity contribution >= 4 is 11.7 Å². The second kappa shape index (κ2) is 13.6. The van der Waals surface area contributed by atoms with Crippen molar-refractivity contribution in [2.75, 3.05) is 6.54 Å². The van der Waals surface area contributed by atoms with Crippen molar-refractivity contribution < 1.29 is 34.0 Å². The minimum Gasteiger partial charge on any atom is -0.450 e. The van der Waals surface area contributed by atoms with Crippen LogP contribution in [0.25, 0.3) is 0 Å². The molecule has 51 heavy (non-hydrogen) atoms. The molecule has 3 spiro atoms. The largest absolute Gasteiger partial charge is 0.450 e. The second-order valence-electron chi connectivity index (χ2n) is 18.1. The van der Waals surface area contributed by atoms with Crippen LogP contribution in [0.2, 0.25) is 0 Å². The third-order valence-electron chi connectivity index (χ3n) is 14.3. The van der Waals surface area contributed by atoms with Gasteiger partial charge in [0.15, 0.2) is 5.79 Å². The predicted octanol–water partition coefficient (Wildman–Crippen LogP) is 8.07. The van der Waals surface area contributed by atoms with E-state index in [2.05, 4.69) is 47.3 Å². The SMILES string of the molecule is C=C1CCCC2=NC[C@H](C)[C@@H](C)C[C@@]23CCC([C@@H]2C=C(C)C(=O)O2)=C(C)[C@@H]3/C=C(\C)[C@@H](O)C[C@H]2O[C@]3(CC[C@@]4(O[C@@H](CC[C@@]4(C)O)C1)O3)C[C@H]2C. The number of aliphatic hydroxyl groups excluding tert-OH is 1. The molecule has 0 saturated carbocycles. The van der Waals surface area contributed by atoms with Crippen LogP contribution >= 0.6 is 0 Å². The number of cyclic esters (lactones) is 1. The Hall–Kier alpha value is -2.10. The van der Waals surface area contributed by atoms with Gasteiger partial charge in [-0.15, -0.1) is 0 Å². The molecule has 1 aliphatic carbocycles. The van der Waals surface area contributed by atoms with Crippen LogP contribution in [0.4, 0.5) is 0 Å². The zero-order valence-electron chi connectivity index (χ0n) is 32.3. The number of hydrogen-bond acceptors (Lipinski definition) is 8. The molecule has 0 unspecified atom stereocenters. The molecular formula is C43H63NO7. The number of carbonyl (C=O) groups is 1. The van der Waals surface area contributed by atoms with E-state index in [1.807, 2.05) is 19.9 Å². The molecule has 0 amide bonds. The van der Waals surface area contributed by atoms with Crippen LogP contribution in [0, 0.1) is 29.1 Å². The van der Waals surface area contributed by atoms with Crippen molar-refractivity contribution in [1.82, 2.24) is 0 Å². The quantitative estimate of drug-likeness (QED) is 0.210. The maximum atomic E-state index is 12.5. The molecule has 0 aromatic rings. The Morgan fingerprint density at radius 1 is 0.941 bits per heavy atom. The number of fused-ring (bicyclic) bond motifs is 2. The lowest BCUT2D eigenvalue weighted by molar-refractivity contribution is -0.387. The fraction of sp³-hybridized carbons (Fsp3) is 0.767. The highest BCUT2D eigenvalue weighted by Gasteiger charge is 2.64. The van der Waals surface area contributed by atoms with Crippen molar-refractivity contribution in [2.24, 2.45) is 34.1 Å². The van der Waals surface area contributed by atoms with E-state index in [0.29, 0.717) is 49.5 Å². The molecule has 3 saturated heterocycles. The molecule has 0 radical (unpaired) electrons. The van der Waals surface area contributed by atoms with Crippen LogP contribution in [0.3, 0.4) is 0 Å². The summed E-state index contributed by atoms with van der Waals surface area (Å²) in [4.78, 5) is 18.0. The Morgan fingerprint density at radius 2 is 1.73 bits per heavy atom. The standard InChI is InChI=1S/C43H63NO7/c1-25-10-9-11-38-41(22-28(4)30(6)24-44-38)15-13-33(37-20-27(3)39(46)48-37)31(7)34(41)19-26(2)35(45)21-36-29(5)23-42(50-36)16-17-43(51-42)40(8,47)14-12-32(18-25)49-43/h19-20,28-30,32,34-37,45,47H,1,9-18,21-24H2,2-8H3/b26-19+/t28-,29+,30-,32-,34-,35-,36+,37-,40+,41+,42-,43+/m0/s1. The molecule has 12 atom stereocenters. The Bertz CT molecular complexity index is 1540. The van der Waals surface area contributed by atoms with Crippen molar-refractivity contribution in [3.05, 3.63) is 46.6 Å². The number of esters is 1. The summed E-state index contributed by atoms with van der Waals surface area (Å²) < 4.78 is 26.3. The Morgan fingerprint density at radius 3 is 2.47 bits per heavy atom. The first-order valence-electron chi connectivity index (χ1n) is 20.0. The van der Waals surface area contributed by atoms with Gasteiger partial charge in [0, 0.05) is 54.8 Å². The number of allylic oxidation sites excluding steroid dienone is 2. The first-order chi connectivity index (χ1) is 24.1. The molecule has 2 N–H and O–H groups in total. The highest BCUT2D eigenvalue weighted by atomic mass is 16.8. The third-order valence-corrected chi connectivity index (χ3v) is 14.3. The summed E-state index contributed by atoms with van der Waals surface area (Å²) in [6.45, 7) is 20.2. The minimum absolute atomic E-state index is 0.0156. The number of aliphatic hydroxyl groups is 2. The highest BCUT2D eigenvalue weighted by molar-refractivity contribution is 5.92. The Labute approximate surface area is 305 Å². The second-order valence-corrected chi connectivity index (χ2v) is 18.1. The number of nitrogens with zero attached hydrogens (tertiary/aromatic N) is 1. The van der Waals surface area contributed by atoms with Crippen LogP contribution in [0.1, 0.15) is 132 Å². The molecule has 0 aromatic carbocycles. The van der Waals surface area contributed by atoms with Gasteiger partial charge in [-0.3, -0.25) is 4.99 Å². The molecular weight excluding hydrogens is 642 g/mol. The van der Waals surface area contributed by atoms with Gasteiger partial charge in [-0.1, -0.05) is 44.6 Å². The lowest BCUT2D eigenvalue weighted by atomic mass is 9.56. The van der Waals surface area contributed by atoms with Gasteiger partial charge in [-0.2, -0.15) is 0 Å². The summed E-state index contributed by atoms with van der Waals surface area (Å²) in [5, 5.41) is 23.6. The van der Waals surface area contributed by atoms with Crippen molar-refractivity contribution in [3.8, 4) is 0 Å². The first kappa shape index (κ1) is 37.2. The smallest absolute Gasteiger partial charge is 0.334 e. The van der Waals surface area contributed by atoms with Gasteiger partial charge >= 0.3 is 5.97 Å². The average molecular weight is 706 g/mol. The van der Waals surface area contributed by atoms with E-state index in [4.69, 9.17) is 23.9 Å². The van der Waals surface area contributed by atoms with Crippen LogP contribution in [-0.4, -0.2) is 70.0 Å². The predicted molar refractivity (Wildman–Crippen MR) is 198 cm³/mol. The van der Waals surface area contributed by atoms with Crippen molar-refractivity contribution in [1.29, 1.82) is 0 Å². The zero-order valence-corrected chi connectivity index (χ0v) is 32.3. The van der Waals surface area contributed by atoms with Gasteiger partial charge in [0.2, 0.25) is 5.79 Å². The summed E-state index contributed by atoms with van der Waals surface area (Å²) in [6, 6.07) is 0. The van der Waals surface area contributed by atoms with Crippen molar-refractivity contribution in [2.45, 2.75) is 174 Å². The summed E-state index contributed by atoms with van der Waals surface area (Å²) in [5.74, 6) is -1.04. The number of carbonyl (C=O) groups excluding carboxylic acids is 1. The number of hydrogen-bond donors (Lipinski definition) is 2. The van der Waals surface area contributed by atoms with Gasteiger partial charge in [-0.05, 0) is 120 Å². The van der Waals surface area contributed by atoms with Crippen molar-refractivity contribution in [3.63, 3.8) is 0 Å². The van der Waals surface area contributed by atoms with Crippen LogP contribution in [-0.2, 0) is 23.7 Å². The molecule has 4 bridgehead atoms. The summed E-state index contributed by atoms with van der Waals surface area (Å²) in [6.07, 6.45) is 13.1. The third kappa shape index (κ3) is 6.68. The zero-order chi connectivity index (χ0) is 36.5. The topological polar surface area (TPSA) is 107 Å². The van der Waals surface area contributed by atoms with Gasteiger partial charge in [-0.25, -0.2) is 4.79 Å². The molecule has 3 fully saturated rings. The summed E-state index contributed by atoms with van der Waals surface area (Å²) in [7, 11) is 0. The van der Waals surface area contributed by atoms with E-state index in [-0.39, 0.29) is 41.5 Å². The molecule has 7 aliphatic rings. The molecule has 8 nitrogen and oxygen atoms in total. The summed E-state index contributed by atoms with van der Waals surface area (Å²) >= 11 is 0. The van der Waals surface area contributed by atoms with E-state index in [9.17, 15) is 15.0 Å². The lowest BCUT2D eigenvalue weighted by Crippen LogP contribution is -2.60. The first-order valence-corrected chi connectivity index (χ1v) is 20.0. The lowest BCUT2D eigenvalue weighted by Gasteiger charge is -2.49. The number of rotatable bonds is 1. The summed E-state index contributed by atoms with van der Waals surface area (Å²) in [5.41, 5.74) is 5.19. The van der Waals surface area contributed by atoms with Gasteiger partial charge in [0.1, 0.15) is 11.7 Å². The van der Waals surface area contributed by atoms with Gasteiger partial charge in [0.05, 0.1) is 18.3 Å². The highest BCUT2D eigenvalue weighted by Crippen LogP contribution is 2.57. The van der Waals surface area contributed by atoms with E-state index in [0.717, 1.165) is 63.5 Å². The average Bonchev–Trinajstić information content (AvgIpc) is 3.67. The molecule has 0 aromatic heterocycles. The normalized spacial score (nSPS) is 47.8. The Balaban J connectivity index is 1.28. The van der Waals surface area contributed by atoms with E-state index < -0.39 is 23.3 Å². The van der Waals surface area contributed by atoms with E-state index >= 15 is 0 Å². The molecule has 8 heteroatoms. The van der Waals surface area contributed by atoms with Gasteiger partial charge < -0.3 is 29.2 Å². The molecule has 7 rings (SSSR count).